The van der Waals surface area contributed by atoms with Crippen LogP contribution in [0.3, 0.4) is 0 Å². The standard InChI is InChI=1S/C19H20Cl2N2/c20-16-9-4-8-15(19(16)21)17(23-18-10-5-13-22-18)12-11-14-6-2-1-3-7-14/h1-4,6-9,17H,5,10-13H2,(H,22,23). The summed E-state index contributed by atoms with van der Waals surface area (Å²) in [7, 11) is 0. The van der Waals surface area contributed by atoms with Gasteiger partial charge in [-0.25, -0.2) is 0 Å². The molecule has 0 bridgehead atoms. The highest BCUT2D eigenvalue weighted by Gasteiger charge is 2.19. The SMILES string of the molecule is Clc1cccc(C(CCc2ccccc2)NC2=NCCC2)c1Cl. The first kappa shape index (κ1) is 16.4. The zero-order valence-electron chi connectivity index (χ0n) is 12.9. The van der Waals surface area contributed by atoms with Crippen LogP contribution in [0, 0.1) is 0 Å². The second-order valence-electron chi connectivity index (χ2n) is 5.80. The molecule has 0 amide bonds. The molecule has 1 aliphatic rings. The summed E-state index contributed by atoms with van der Waals surface area (Å²) in [6.07, 6.45) is 4.06. The molecule has 1 unspecified atom stereocenters. The second kappa shape index (κ2) is 7.85. The average Bonchev–Trinajstić information content (AvgIpc) is 3.08. The Morgan fingerprint density at radius 1 is 1.04 bits per heavy atom. The van der Waals surface area contributed by atoms with Crippen molar-refractivity contribution < 1.29 is 0 Å². The Kier molecular flexibility index (Phi) is 5.58. The van der Waals surface area contributed by atoms with Crippen molar-refractivity contribution in [3.8, 4) is 0 Å². The van der Waals surface area contributed by atoms with Crippen LogP contribution in [0.1, 0.15) is 36.4 Å². The van der Waals surface area contributed by atoms with Crippen LogP contribution in [-0.2, 0) is 6.42 Å². The molecule has 4 heteroatoms. The number of hydrogen-bond acceptors (Lipinski definition) is 2. The number of hydrogen-bond donors (Lipinski definition) is 1. The minimum Gasteiger partial charge on any atom is -0.367 e. The molecule has 1 N–H and O–H groups in total. The lowest BCUT2D eigenvalue weighted by molar-refractivity contribution is 0.587. The van der Waals surface area contributed by atoms with Crippen LogP contribution in [0.5, 0.6) is 0 Å². The summed E-state index contributed by atoms with van der Waals surface area (Å²) in [4.78, 5) is 4.54. The lowest BCUT2D eigenvalue weighted by Gasteiger charge is -2.22. The summed E-state index contributed by atoms with van der Waals surface area (Å²) in [6.45, 7) is 0.914. The molecule has 2 aromatic carbocycles. The quantitative estimate of drug-likeness (QED) is 0.764. The number of nitrogens with zero attached hydrogens (tertiary/aromatic N) is 1. The van der Waals surface area contributed by atoms with Crippen molar-refractivity contribution in [3.63, 3.8) is 0 Å². The number of aliphatic imine (C=N–C) groups is 1. The number of rotatable bonds is 5. The van der Waals surface area contributed by atoms with Gasteiger partial charge in [0.15, 0.2) is 0 Å². The smallest absolute Gasteiger partial charge is 0.0968 e. The molecule has 0 saturated carbocycles. The third-order valence-corrected chi connectivity index (χ3v) is 4.97. The Bertz CT molecular complexity index is 683. The maximum Gasteiger partial charge on any atom is 0.0968 e. The maximum absolute atomic E-state index is 6.44. The molecule has 120 valence electrons. The number of aryl methyl sites for hydroxylation is 1. The van der Waals surface area contributed by atoms with Gasteiger partial charge < -0.3 is 5.32 Å². The Hall–Kier alpha value is -1.51. The van der Waals surface area contributed by atoms with E-state index in [1.807, 2.05) is 24.3 Å². The van der Waals surface area contributed by atoms with E-state index in [-0.39, 0.29) is 6.04 Å². The van der Waals surface area contributed by atoms with E-state index in [1.54, 1.807) is 0 Å². The molecular formula is C19H20Cl2N2. The summed E-state index contributed by atoms with van der Waals surface area (Å²) < 4.78 is 0. The number of halogens is 2. The summed E-state index contributed by atoms with van der Waals surface area (Å²) in [6, 6.07) is 16.5. The number of amidine groups is 1. The highest BCUT2D eigenvalue weighted by Crippen LogP contribution is 2.32. The predicted molar refractivity (Wildman–Crippen MR) is 98.6 cm³/mol. The summed E-state index contributed by atoms with van der Waals surface area (Å²) in [5.74, 6) is 1.08. The Morgan fingerprint density at radius 2 is 1.87 bits per heavy atom. The molecule has 2 nitrogen and oxygen atoms in total. The van der Waals surface area contributed by atoms with Crippen LogP contribution in [0.4, 0.5) is 0 Å². The van der Waals surface area contributed by atoms with Gasteiger partial charge in [0.1, 0.15) is 0 Å². The van der Waals surface area contributed by atoms with Gasteiger partial charge in [-0.3, -0.25) is 4.99 Å². The Morgan fingerprint density at radius 3 is 2.61 bits per heavy atom. The van der Waals surface area contributed by atoms with E-state index < -0.39 is 0 Å². The molecule has 23 heavy (non-hydrogen) atoms. The van der Waals surface area contributed by atoms with Crippen LogP contribution < -0.4 is 5.32 Å². The van der Waals surface area contributed by atoms with Crippen molar-refractivity contribution in [3.05, 3.63) is 69.7 Å². The fourth-order valence-electron chi connectivity index (χ4n) is 2.91. The summed E-state index contributed by atoms with van der Waals surface area (Å²) in [5.41, 5.74) is 2.37. The molecule has 2 aromatic rings. The number of benzene rings is 2. The third kappa shape index (κ3) is 4.27. The molecule has 0 saturated heterocycles. The highest BCUT2D eigenvalue weighted by molar-refractivity contribution is 6.42. The molecule has 1 aliphatic heterocycles. The van der Waals surface area contributed by atoms with E-state index in [1.165, 1.54) is 5.56 Å². The van der Waals surface area contributed by atoms with E-state index in [0.717, 1.165) is 43.6 Å². The van der Waals surface area contributed by atoms with E-state index in [0.29, 0.717) is 10.0 Å². The molecule has 1 atom stereocenters. The lowest BCUT2D eigenvalue weighted by Crippen LogP contribution is -2.28. The average molecular weight is 347 g/mol. The van der Waals surface area contributed by atoms with Gasteiger partial charge in [0, 0.05) is 13.0 Å². The Balaban J connectivity index is 1.79. The molecule has 0 aromatic heterocycles. The minimum absolute atomic E-state index is 0.123. The normalized spacial score (nSPS) is 15.3. The summed E-state index contributed by atoms with van der Waals surface area (Å²) >= 11 is 12.6. The Labute approximate surface area is 147 Å². The molecule has 0 fully saturated rings. The third-order valence-electron chi connectivity index (χ3n) is 4.14. The van der Waals surface area contributed by atoms with Crippen molar-refractivity contribution >= 4 is 29.0 Å². The molecule has 0 spiro atoms. The van der Waals surface area contributed by atoms with Crippen molar-refractivity contribution in [1.29, 1.82) is 0 Å². The first-order valence-corrected chi connectivity index (χ1v) is 8.77. The van der Waals surface area contributed by atoms with Crippen molar-refractivity contribution in [1.82, 2.24) is 5.32 Å². The molecule has 0 radical (unpaired) electrons. The fraction of sp³-hybridized carbons (Fsp3) is 0.316. The monoisotopic (exact) mass is 346 g/mol. The van der Waals surface area contributed by atoms with E-state index in [2.05, 4.69) is 34.6 Å². The van der Waals surface area contributed by atoms with Gasteiger partial charge in [0.05, 0.1) is 21.9 Å². The molecule has 3 rings (SSSR count). The minimum atomic E-state index is 0.123. The van der Waals surface area contributed by atoms with Gasteiger partial charge in [-0.1, -0.05) is 65.7 Å². The van der Waals surface area contributed by atoms with Gasteiger partial charge in [0.2, 0.25) is 0 Å². The van der Waals surface area contributed by atoms with Crippen molar-refractivity contribution in [2.45, 2.75) is 31.7 Å². The summed E-state index contributed by atoms with van der Waals surface area (Å²) in [5, 5.41) is 4.82. The van der Waals surface area contributed by atoms with Crippen LogP contribution >= 0.6 is 23.2 Å². The van der Waals surface area contributed by atoms with Crippen LogP contribution in [0.25, 0.3) is 0 Å². The topological polar surface area (TPSA) is 24.4 Å². The van der Waals surface area contributed by atoms with E-state index in [4.69, 9.17) is 23.2 Å². The van der Waals surface area contributed by atoms with Gasteiger partial charge >= 0.3 is 0 Å². The fourth-order valence-corrected chi connectivity index (χ4v) is 3.35. The molecule has 1 heterocycles. The van der Waals surface area contributed by atoms with Gasteiger partial charge in [-0.2, -0.15) is 0 Å². The zero-order valence-corrected chi connectivity index (χ0v) is 14.4. The van der Waals surface area contributed by atoms with Crippen LogP contribution in [0.15, 0.2) is 53.5 Å². The zero-order chi connectivity index (χ0) is 16.1. The number of nitrogens with one attached hydrogen (secondary N) is 1. The van der Waals surface area contributed by atoms with Crippen LogP contribution in [0.2, 0.25) is 10.0 Å². The van der Waals surface area contributed by atoms with Gasteiger partial charge in [-0.05, 0) is 36.5 Å². The first-order valence-electron chi connectivity index (χ1n) is 8.02. The van der Waals surface area contributed by atoms with Gasteiger partial charge in [0.25, 0.3) is 0 Å². The predicted octanol–water partition coefficient (Wildman–Crippen LogP) is 5.45. The van der Waals surface area contributed by atoms with Crippen molar-refractivity contribution in [2.75, 3.05) is 6.54 Å². The van der Waals surface area contributed by atoms with Gasteiger partial charge in [-0.15, -0.1) is 0 Å². The van der Waals surface area contributed by atoms with Crippen molar-refractivity contribution in [2.24, 2.45) is 4.99 Å². The van der Waals surface area contributed by atoms with Crippen LogP contribution in [-0.4, -0.2) is 12.4 Å². The second-order valence-corrected chi connectivity index (χ2v) is 6.58. The lowest BCUT2D eigenvalue weighted by atomic mass is 9.98. The van der Waals surface area contributed by atoms with E-state index in [9.17, 15) is 0 Å². The first-order chi connectivity index (χ1) is 11.2. The molecule has 0 aliphatic carbocycles. The molecular weight excluding hydrogens is 327 g/mol. The largest absolute Gasteiger partial charge is 0.367 e. The van der Waals surface area contributed by atoms with E-state index >= 15 is 0 Å². The highest BCUT2D eigenvalue weighted by atomic mass is 35.5. The maximum atomic E-state index is 6.44.